The summed E-state index contributed by atoms with van der Waals surface area (Å²) in [6.07, 6.45) is -5.58. The molecule has 0 saturated heterocycles. The molecule has 0 saturated carbocycles. The van der Waals surface area contributed by atoms with Crippen molar-refractivity contribution in [2.24, 2.45) is 0 Å². The van der Waals surface area contributed by atoms with Crippen molar-refractivity contribution in [2.75, 3.05) is 6.61 Å². The first-order valence-electron chi connectivity index (χ1n) is 3.36. The molecule has 0 radical (unpaired) electrons. The molecule has 15 heavy (non-hydrogen) atoms. The Balaban J connectivity index is 4.75. The van der Waals surface area contributed by atoms with Gasteiger partial charge in [-0.25, -0.2) is 4.57 Å². The van der Waals surface area contributed by atoms with Gasteiger partial charge in [0.05, 0.1) is 6.61 Å². The van der Waals surface area contributed by atoms with Crippen LogP contribution in [-0.2, 0) is 13.6 Å². The lowest BCUT2D eigenvalue weighted by molar-refractivity contribution is -0.114. The summed E-state index contributed by atoms with van der Waals surface area (Å²) in [6, 6.07) is -2.73. The highest BCUT2D eigenvalue weighted by Gasteiger charge is 2.41. The second kappa shape index (κ2) is 5.14. The van der Waals surface area contributed by atoms with E-state index in [0.717, 1.165) is 0 Å². The number of halogens is 6. The summed E-state index contributed by atoms with van der Waals surface area (Å²) >= 11 is 4.83. The fourth-order valence-electron chi connectivity index (χ4n) is 0.428. The summed E-state index contributed by atoms with van der Waals surface area (Å²) in [5, 5.41) is 0. The summed E-state index contributed by atoms with van der Waals surface area (Å²) < 4.78 is 77.2. The molecule has 0 fully saturated rings. The Hall–Kier alpha value is -0.330. The molecule has 0 amide bonds. The minimum absolute atomic E-state index is 0.304. The van der Waals surface area contributed by atoms with E-state index in [1.54, 1.807) is 0 Å². The molecule has 0 N–H and O–H groups in total. The monoisotopic (exact) mass is 274 g/mol. The van der Waals surface area contributed by atoms with E-state index in [-0.39, 0.29) is 6.61 Å². The minimum atomic E-state index is -5.58. The standard InChI is InChI=1S/C5H5ClF5O3P/c1-2-13-15(6,12)14-4(8)3(7)5(9,10)11/h2H2,1H3. The van der Waals surface area contributed by atoms with Crippen molar-refractivity contribution in [3.8, 4) is 0 Å². The Morgan fingerprint density at radius 2 is 1.87 bits per heavy atom. The van der Waals surface area contributed by atoms with Gasteiger partial charge >= 0.3 is 19.1 Å². The van der Waals surface area contributed by atoms with Crippen LogP contribution in [0.5, 0.6) is 0 Å². The lowest BCUT2D eigenvalue weighted by Crippen LogP contribution is -2.10. The van der Waals surface area contributed by atoms with Crippen LogP contribution >= 0.6 is 18.2 Å². The maximum Gasteiger partial charge on any atom is 0.478 e. The van der Waals surface area contributed by atoms with Crippen LogP contribution in [0.2, 0.25) is 0 Å². The summed E-state index contributed by atoms with van der Waals surface area (Å²) in [6.45, 7) is -3.60. The van der Waals surface area contributed by atoms with E-state index in [1.807, 2.05) is 0 Å². The molecule has 0 aromatic heterocycles. The average Bonchev–Trinajstić information content (AvgIpc) is 1.99. The third-order valence-electron chi connectivity index (χ3n) is 0.894. The zero-order valence-corrected chi connectivity index (χ0v) is 8.80. The highest BCUT2D eigenvalue weighted by Crippen LogP contribution is 2.56. The number of alkyl halides is 3. The molecule has 0 spiro atoms. The van der Waals surface area contributed by atoms with Gasteiger partial charge in [0.2, 0.25) is 0 Å². The van der Waals surface area contributed by atoms with Crippen LogP contribution in [0, 0.1) is 0 Å². The van der Waals surface area contributed by atoms with Gasteiger partial charge in [0.15, 0.2) is 0 Å². The van der Waals surface area contributed by atoms with Crippen LogP contribution < -0.4 is 0 Å². The summed E-state index contributed by atoms with van der Waals surface area (Å²) in [7, 11) is 0. The Bertz CT molecular complexity index is 302. The van der Waals surface area contributed by atoms with E-state index in [1.165, 1.54) is 6.92 Å². The third kappa shape index (κ3) is 5.34. The van der Waals surface area contributed by atoms with E-state index in [4.69, 9.17) is 11.2 Å². The van der Waals surface area contributed by atoms with Gasteiger partial charge in [0.1, 0.15) is 0 Å². The molecule has 0 aromatic rings. The molecule has 1 atom stereocenters. The molecular formula is C5H5ClF5O3P. The molecule has 10 heteroatoms. The van der Waals surface area contributed by atoms with Gasteiger partial charge in [0.25, 0.3) is 5.83 Å². The first-order chi connectivity index (χ1) is 6.60. The van der Waals surface area contributed by atoms with Crippen LogP contribution in [0.1, 0.15) is 6.92 Å². The van der Waals surface area contributed by atoms with Gasteiger partial charge in [-0.2, -0.15) is 22.0 Å². The van der Waals surface area contributed by atoms with Crippen molar-refractivity contribution >= 4 is 18.2 Å². The SMILES string of the molecule is CCOP(=O)(Cl)OC(F)=C(F)C(F)(F)F. The normalized spacial score (nSPS) is 18.1. The van der Waals surface area contributed by atoms with Crippen LogP contribution in [-0.4, -0.2) is 12.8 Å². The predicted molar refractivity (Wildman–Crippen MR) is 41.5 cm³/mol. The van der Waals surface area contributed by atoms with Crippen LogP contribution in [0.4, 0.5) is 22.0 Å². The Labute approximate surface area is 86.1 Å². The summed E-state index contributed by atoms with van der Waals surface area (Å²) in [5.74, 6) is -3.16. The topological polar surface area (TPSA) is 35.5 Å². The van der Waals surface area contributed by atoms with E-state index >= 15 is 0 Å². The van der Waals surface area contributed by atoms with Gasteiger partial charge in [-0.1, -0.05) is 0 Å². The molecule has 0 aliphatic heterocycles. The zero-order valence-electron chi connectivity index (χ0n) is 7.15. The van der Waals surface area contributed by atoms with E-state index < -0.39 is 25.0 Å². The van der Waals surface area contributed by atoms with Crippen molar-refractivity contribution in [3.63, 3.8) is 0 Å². The Morgan fingerprint density at radius 1 is 1.40 bits per heavy atom. The van der Waals surface area contributed by atoms with Crippen molar-refractivity contribution in [3.05, 3.63) is 11.8 Å². The molecule has 0 aliphatic rings. The number of allylic oxidation sites excluding steroid dienone is 1. The molecule has 0 aliphatic carbocycles. The molecule has 0 bridgehead atoms. The fourth-order valence-corrected chi connectivity index (χ4v) is 1.54. The first-order valence-corrected chi connectivity index (χ1v) is 5.81. The van der Waals surface area contributed by atoms with Gasteiger partial charge in [0, 0.05) is 11.2 Å². The maximum absolute atomic E-state index is 12.3. The molecule has 0 heterocycles. The van der Waals surface area contributed by atoms with E-state index in [0.29, 0.717) is 0 Å². The van der Waals surface area contributed by atoms with Crippen molar-refractivity contribution in [2.45, 2.75) is 13.1 Å². The van der Waals surface area contributed by atoms with Gasteiger partial charge in [-0.15, -0.1) is 0 Å². The lowest BCUT2D eigenvalue weighted by atomic mass is 10.6. The Kier molecular flexibility index (Phi) is 5.02. The predicted octanol–water partition coefficient (Wildman–Crippen LogP) is 4.06. The second-order valence-electron chi connectivity index (χ2n) is 2.03. The highest BCUT2D eigenvalue weighted by atomic mass is 35.7. The number of hydrogen-bond donors (Lipinski definition) is 0. The van der Waals surface area contributed by atoms with E-state index in [2.05, 4.69) is 9.05 Å². The molecular weight excluding hydrogens is 269 g/mol. The minimum Gasteiger partial charge on any atom is -0.383 e. The van der Waals surface area contributed by atoms with Gasteiger partial charge in [-0.05, 0) is 6.92 Å². The average molecular weight is 275 g/mol. The van der Waals surface area contributed by atoms with Gasteiger partial charge in [-0.3, -0.25) is 4.52 Å². The molecule has 3 nitrogen and oxygen atoms in total. The van der Waals surface area contributed by atoms with Crippen molar-refractivity contribution < 1.29 is 35.6 Å². The molecule has 0 aromatic carbocycles. The highest BCUT2D eigenvalue weighted by molar-refractivity contribution is 7.81. The number of rotatable bonds is 4. The lowest BCUT2D eigenvalue weighted by Gasteiger charge is -2.10. The Morgan fingerprint density at radius 3 is 2.20 bits per heavy atom. The van der Waals surface area contributed by atoms with Gasteiger partial charge < -0.3 is 4.52 Å². The largest absolute Gasteiger partial charge is 0.478 e. The zero-order chi connectivity index (χ0) is 12.3. The molecule has 1 unspecified atom stereocenters. The molecule has 90 valence electrons. The summed E-state index contributed by atoms with van der Waals surface area (Å²) in [4.78, 5) is 0. The van der Waals surface area contributed by atoms with Crippen LogP contribution in [0.3, 0.4) is 0 Å². The third-order valence-corrected chi connectivity index (χ3v) is 2.34. The van der Waals surface area contributed by atoms with E-state index in [9.17, 15) is 26.5 Å². The van der Waals surface area contributed by atoms with Crippen molar-refractivity contribution in [1.29, 1.82) is 0 Å². The summed E-state index contributed by atoms with van der Waals surface area (Å²) in [5.41, 5.74) is 0. The number of hydrogen-bond acceptors (Lipinski definition) is 3. The van der Waals surface area contributed by atoms with Crippen LogP contribution in [0.15, 0.2) is 11.8 Å². The molecule has 0 rings (SSSR count). The first kappa shape index (κ1) is 14.7. The smallest absolute Gasteiger partial charge is 0.383 e. The van der Waals surface area contributed by atoms with Crippen molar-refractivity contribution in [1.82, 2.24) is 0 Å². The van der Waals surface area contributed by atoms with Crippen LogP contribution in [0.25, 0.3) is 0 Å². The quantitative estimate of drug-likeness (QED) is 0.440. The second-order valence-corrected chi connectivity index (χ2v) is 4.57. The fraction of sp³-hybridized carbons (Fsp3) is 0.600. The maximum atomic E-state index is 12.3.